The van der Waals surface area contributed by atoms with Gasteiger partial charge < -0.3 is 4.74 Å². The van der Waals surface area contributed by atoms with E-state index in [9.17, 15) is 0 Å². The monoisotopic (exact) mass is 240 g/mol. The van der Waals surface area contributed by atoms with Crippen LogP contribution in [0.3, 0.4) is 0 Å². The van der Waals surface area contributed by atoms with Crippen molar-refractivity contribution in [2.24, 2.45) is 0 Å². The van der Waals surface area contributed by atoms with E-state index in [1.807, 2.05) is 23.6 Å². The van der Waals surface area contributed by atoms with E-state index >= 15 is 0 Å². The minimum Gasteiger partial charge on any atom is -0.495 e. The van der Waals surface area contributed by atoms with Crippen LogP contribution in [0, 0.1) is 6.92 Å². The topological polar surface area (TPSA) is 26.5 Å². The first-order valence-electron chi connectivity index (χ1n) is 3.91. The molecule has 0 saturated carbocycles. The lowest BCUT2D eigenvalue weighted by Gasteiger charge is -2.05. The fourth-order valence-electron chi connectivity index (χ4n) is 1.35. The number of hydrogen-bond donors (Lipinski definition) is 0. The minimum absolute atomic E-state index is 0.850. The summed E-state index contributed by atoms with van der Waals surface area (Å²) in [6, 6.07) is 3.92. The molecule has 0 unspecified atom stereocenters. The van der Waals surface area contributed by atoms with E-state index in [1.54, 1.807) is 13.3 Å². The zero-order valence-electron chi connectivity index (χ0n) is 7.41. The molecule has 4 heteroatoms. The van der Waals surface area contributed by atoms with E-state index in [1.165, 1.54) is 0 Å². The molecule has 0 N–H and O–H groups in total. The van der Waals surface area contributed by atoms with Gasteiger partial charge in [-0.1, -0.05) is 0 Å². The van der Waals surface area contributed by atoms with Crippen LogP contribution in [0.5, 0.6) is 5.75 Å². The maximum atomic E-state index is 5.19. The van der Waals surface area contributed by atoms with E-state index in [2.05, 4.69) is 21.0 Å². The highest BCUT2D eigenvalue weighted by atomic mass is 79.9. The van der Waals surface area contributed by atoms with Crippen molar-refractivity contribution in [1.82, 2.24) is 9.61 Å². The number of fused-ring (bicyclic) bond motifs is 1. The first-order valence-corrected chi connectivity index (χ1v) is 4.70. The third kappa shape index (κ3) is 1.21. The molecule has 0 bridgehead atoms. The first kappa shape index (κ1) is 8.56. The minimum atomic E-state index is 0.850. The van der Waals surface area contributed by atoms with Crippen molar-refractivity contribution in [3.63, 3.8) is 0 Å². The van der Waals surface area contributed by atoms with Crippen molar-refractivity contribution < 1.29 is 4.74 Å². The Labute approximate surface area is 84.4 Å². The Morgan fingerprint density at radius 2 is 2.23 bits per heavy atom. The lowest BCUT2D eigenvalue weighted by molar-refractivity contribution is 0.407. The second-order valence-electron chi connectivity index (χ2n) is 2.78. The van der Waals surface area contributed by atoms with E-state index in [4.69, 9.17) is 4.74 Å². The smallest absolute Gasteiger partial charge is 0.140 e. The van der Waals surface area contributed by atoms with Crippen LogP contribution >= 0.6 is 15.9 Å². The lowest BCUT2D eigenvalue weighted by Crippen LogP contribution is -1.96. The molecule has 13 heavy (non-hydrogen) atoms. The van der Waals surface area contributed by atoms with Gasteiger partial charge in [0.15, 0.2) is 0 Å². The summed E-state index contributed by atoms with van der Waals surface area (Å²) in [7, 11) is 1.66. The van der Waals surface area contributed by atoms with Gasteiger partial charge in [-0.05, 0) is 35.0 Å². The standard InChI is InChI=1S/C9H9BrN2O/c1-6-9(13-2)4-3-8-7(10)5-11-12(6)8/h3-5H,1-2H3. The fraction of sp³-hybridized carbons (Fsp3) is 0.222. The van der Waals surface area contributed by atoms with Gasteiger partial charge in [0.05, 0.1) is 29.0 Å². The van der Waals surface area contributed by atoms with Crippen LogP contribution in [0.25, 0.3) is 5.52 Å². The molecule has 68 valence electrons. The third-order valence-corrected chi connectivity index (χ3v) is 2.66. The molecule has 2 aromatic heterocycles. The SMILES string of the molecule is COc1ccc2c(Br)cnn2c1C. The fourth-order valence-corrected chi connectivity index (χ4v) is 1.74. The molecule has 2 aromatic rings. The number of methoxy groups -OCH3 is 1. The number of halogens is 1. The molecule has 3 nitrogen and oxygen atoms in total. The molecule has 0 aliphatic rings. The van der Waals surface area contributed by atoms with E-state index in [-0.39, 0.29) is 0 Å². The highest BCUT2D eigenvalue weighted by Crippen LogP contribution is 2.23. The van der Waals surface area contributed by atoms with Crippen LogP contribution in [0.1, 0.15) is 5.69 Å². The molecule has 2 rings (SSSR count). The first-order chi connectivity index (χ1) is 6.24. The maximum absolute atomic E-state index is 5.19. The summed E-state index contributed by atoms with van der Waals surface area (Å²) in [6.07, 6.45) is 1.78. The van der Waals surface area contributed by atoms with E-state index < -0.39 is 0 Å². The summed E-state index contributed by atoms with van der Waals surface area (Å²) in [4.78, 5) is 0. The van der Waals surface area contributed by atoms with Crippen molar-refractivity contribution in [1.29, 1.82) is 0 Å². The van der Waals surface area contributed by atoms with Crippen molar-refractivity contribution in [2.45, 2.75) is 6.92 Å². The summed E-state index contributed by atoms with van der Waals surface area (Å²) in [5, 5.41) is 4.22. The van der Waals surface area contributed by atoms with Crippen LogP contribution in [-0.2, 0) is 0 Å². The molecule has 0 fully saturated rings. The van der Waals surface area contributed by atoms with Crippen LogP contribution in [0.15, 0.2) is 22.8 Å². The maximum Gasteiger partial charge on any atom is 0.140 e. The van der Waals surface area contributed by atoms with Gasteiger partial charge in [-0.2, -0.15) is 5.10 Å². The molecule has 0 spiro atoms. The predicted molar refractivity (Wildman–Crippen MR) is 54.2 cm³/mol. The molecule has 0 atom stereocenters. The summed E-state index contributed by atoms with van der Waals surface area (Å²) < 4.78 is 8.03. The van der Waals surface area contributed by atoms with Crippen molar-refractivity contribution in [3.8, 4) is 5.75 Å². The number of pyridine rings is 1. The Kier molecular flexibility index (Phi) is 2.00. The van der Waals surface area contributed by atoms with Gasteiger partial charge in [-0.25, -0.2) is 4.52 Å². The number of rotatable bonds is 1. The van der Waals surface area contributed by atoms with Gasteiger partial charge in [0.25, 0.3) is 0 Å². The summed E-state index contributed by atoms with van der Waals surface area (Å²) in [5.74, 6) is 0.850. The molecule has 0 aliphatic heterocycles. The Morgan fingerprint density at radius 3 is 2.92 bits per heavy atom. The molecular weight excluding hydrogens is 232 g/mol. The van der Waals surface area contributed by atoms with Gasteiger partial charge in [0, 0.05) is 0 Å². The molecule has 0 aliphatic carbocycles. The largest absolute Gasteiger partial charge is 0.495 e. The molecule has 0 amide bonds. The van der Waals surface area contributed by atoms with Gasteiger partial charge in [-0.3, -0.25) is 0 Å². The number of hydrogen-bond acceptors (Lipinski definition) is 2. The number of nitrogens with zero attached hydrogens (tertiary/aromatic N) is 2. The van der Waals surface area contributed by atoms with Crippen LogP contribution in [-0.4, -0.2) is 16.7 Å². The quantitative estimate of drug-likeness (QED) is 0.766. The van der Waals surface area contributed by atoms with Crippen molar-refractivity contribution in [3.05, 3.63) is 28.5 Å². The Bertz CT molecular complexity index is 450. The molecule has 0 aromatic carbocycles. The second kappa shape index (κ2) is 3.03. The van der Waals surface area contributed by atoms with Crippen molar-refractivity contribution >= 4 is 21.4 Å². The number of ether oxygens (including phenoxy) is 1. The average Bonchev–Trinajstić information content (AvgIpc) is 2.50. The lowest BCUT2D eigenvalue weighted by atomic mass is 10.3. The van der Waals surface area contributed by atoms with Crippen LogP contribution in [0.4, 0.5) is 0 Å². The highest BCUT2D eigenvalue weighted by molar-refractivity contribution is 9.10. The van der Waals surface area contributed by atoms with Gasteiger partial charge in [0.2, 0.25) is 0 Å². The zero-order valence-corrected chi connectivity index (χ0v) is 9.00. The molecule has 0 saturated heterocycles. The predicted octanol–water partition coefficient (Wildman–Crippen LogP) is 2.41. The third-order valence-electron chi connectivity index (χ3n) is 2.05. The Morgan fingerprint density at radius 1 is 1.46 bits per heavy atom. The summed E-state index contributed by atoms with van der Waals surface area (Å²) >= 11 is 3.42. The van der Waals surface area contributed by atoms with E-state index in [0.29, 0.717) is 0 Å². The second-order valence-corrected chi connectivity index (χ2v) is 3.63. The number of aromatic nitrogens is 2. The Hall–Kier alpha value is -1.03. The van der Waals surface area contributed by atoms with Gasteiger partial charge in [-0.15, -0.1) is 0 Å². The van der Waals surface area contributed by atoms with Gasteiger partial charge in [0.1, 0.15) is 5.75 Å². The van der Waals surface area contributed by atoms with E-state index in [0.717, 1.165) is 21.4 Å². The zero-order chi connectivity index (χ0) is 9.42. The van der Waals surface area contributed by atoms with Crippen molar-refractivity contribution in [2.75, 3.05) is 7.11 Å². The Balaban J connectivity index is 2.80. The van der Waals surface area contributed by atoms with Crippen LogP contribution < -0.4 is 4.74 Å². The number of aryl methyl sites for hydroxylation is 1. The average molecular weight is 241 g/mol. The highest BCUT2D eigenvalue weighted by Gasteiger charge is 2.06. The summed E-state index contributed by atoms with van der Waals surface area (Å²) in [5.41, 5.74) is 2.06. The summed E-state index contributed by atoms with van der Waals surface area (Å²) in [6.45, 7) is 1.98. The molecular formula is C9H9BrN2O. The normalized spacial score (nSPS) is 10.7. The van der Waals surface area contributed by atoms with Crippen LogP contribution in [0.2, 0.25) is 0 Å². The molecule has 2 heterocycles. The van der Waals surface area contributed by atoms with Gasteiger partial charge >= 0.3 is 0 Å². The molecule has 0 radical (unpaired) electrons.